The molecule has 3 rings (SSSR count). The highest BCUT2D eigenvalue weighted by Gasteiger charge is 2.38. The Kier molecular flexibility index (Phi) is 6.76. The molecule has 1 heterocycles. The van der Waals surface area contributed by atoms with Crippen molar-refractivity contribution in [2.45, 2.75) is 6.92 Å². The van der Waals surface area contributed by atoms with Gasteiger partial charge in [-0.25, -0.2) is 5.43 Å². The molecule has 1 saturated heterocycles. The zero-order valence-corrected chi connectivity index (χ0v) is 17.4. The number of benzene rings is 2. The van der Waals surface area contributed by atoms with Crippen LogP contribution in [0.2, 0.25) is 5.02 Å². The number of carbonyl (C=O) groups excluding carboxylic acids is 3. The van der Waals surface area contributed by atoms with E-state index in [1.807, 2.05) is 19.1 Å². The summed E-state index contributed by atoms with van der Waals surface area (Å²) in [5, 5.41) is 6.64. The van der Waals surface area contributed by atoms with Gasteiger partial charge in [0.25, 0.3) is 11.8 Å². The second kappa shape index (κ2) is 9.47. The summed E-state index contributed by atoms with van der Waals surface area (Å²) in [6.45, 7) is 1.60. The number of anilines is 1. The highest BCUT2D eigenvalue weighted by Crippen LogP contribution is 2.21. The Hall–Kier alpha value is -3.30. The van der Waals surface area contributed by atoms with E-state index in [0.29, 0.717) is 16.5 Å². The fourth-order valence-electron chi connectivity index (χ4n) is 2.58. The third kappa shape index (κ3) is 5.19. The van der Waals surface area contributed by atoms with Crippen LogP contribution in [0, 0.1) is 12.8 Å². The minimum atomic E-state index is -1.24. The summed E-state index contributed by atoms with van der Waals surface area (Å²) >= 11 is 11.0. The summed E-state index contributed by atoms with van der Waals surface area (Å²) < 4.78 is 5.29. The van der Waals surface area contributed by atoms with Gasteiger partial charge in [-0.15, -0.1) is 0 Å². The number of ether oxygens (including phenoxy) is 1. The van der Waals surface area contributed by atoms with E-state index in [1.165, 1.54) is 4.90 Å². The van der Waals surface area contributed by atoms with Gasteiger partial charge in [0, 0.05) is 11.2 Å². The highest BCUT2D eigenvalue weighted by molar-refractivity contribution is 7.80. The third-order valence-electron chi connectivity index (χ3n) is 4.07. The molecule has 2 N–H and O–H groups in total. The molecule has 2 aromatic carbocycles. The number of hydrazone groups is 1. The molecule has 1 aliphatic rings. The molecular weight excluding hydrogens is 428 g/mol. The molecule has 10 heteroatoms. The van der Waals surface area contributed by atoms with Gasteiger partial charge in [-0.2, -0.15) is 5.10 Å². The fourth-order valence-corrected chi connectivity index (χ4v) is 3.06. The molecule has 30 heavy (non-hydrogen) atoms. The van der Waals surface area contributed by atoms with Gasteiger partial charge in [0.15, 0.2) is 17.6 Å². The Labute approximate surface area is 182 Å². The Balaban J connectivity index is 1.61. The van der Waals surface area contributed by atoms with Gasteiger partial charge in [-0.05, 0) is 49.5 Å². The van der Waals surface area contributed by atoms with Gasteiger partial charge in [0.1, 0.15) is 5.75 Å². The van der Waals surface area contributed by atoms with Gasteiger partial charge < -0.3 is 10.1 Å². The smallest absolute Gasteiger partial charge is 0.277 e. The number of halogens is 1. The first-order valence-electron chi connectivity index (χ1n) is 8.81. The molecule has 0 aromatic heterocycles. The molecule has 8 nitrogen and oxygen atoms in total. The van der Waals surface area contributed by atoms with E-state index in [4.69, 9.17) is 28.6 Å². The van der Waals surface area contributed by atoms with Crippen LogP contribution in [0.15, 0.2) is 53.6 Å². The zero-order valence-electron chi connectivity index (χ0n) is 15.8. The number of amides is 3. The summed E-state index contributed by atoms with van der Waals surface area (Å²) in [6.07, 6.45) is 1.05. The van der Waals surface area contributed by atoms with E-state index in [2.05, 4.69) is 15.8 Å². The molecule has 154 valence electrons. The van der Waals surface area contributed by atoms with Crippen LogP contribution in [0.25, 0.3) is 0 Å². The first-order valence-corrected chi connectivity index (χ1v) is 9.59. The minimum absolute atomic E-state index is 0.0162. The highest BCUT2D eigenvalue weighted by atomic mass is 35.5. The van der Waals surface area contributed by atoms with Crippen molar-refractivity contribution < 1.29 is 19.1 Å². The van der Waals surface area contributed by atoms with Crippen molar-refractivity contribution in [1.82, 2.24) is 10.7 Å². The van der Waals surface area contributed by atoms with Gasteiger partial charge in [0.05, 0.1) is 5.69 Å². The lowest BCUT2D eigenvalue weighted by Crippen LogP contribution is -2.58. The van der Waals surface area contributed by atoms with Gasteiger partial charge in [-0.3, -0.25) is 19.3 Å². The van der Waals surface area contributed by atoms with Crippen LogP contribution in [0.5, 0.6) is 5.75 Å². The molecule has 0 bridgehead atoms. The number of rotatable bonds is 6. The number of hydrogen-bond acceptors (Lipinski definition) is 6. The molecule has 0 aliphatic carbocycles. The van der Waals surface area contributed by atoms with E-state index >= 15 is 0 Å². The van der Waals surface area contributed by atoms with Crippen molar-refractivity contribution in [1.29, 1.82) is 0 Å². The van der Waals surface area contributed by atoms with Crippen LogP contribution in [0.1, 0.15) is 5.56 Å². The van der Waals surface area contributed by atoms with Gasteiger partial charge in [0.2, 0.25) is 5.91 Å². The largest absolute Gasteiger partial charge is 0.484 e. The number of aryl methyl sites for hydroxylation is 1. The van der Waals surface area contributed by atoms with E-state index in [1.54, 1.807) is 36.4 Å². The molecule has 1 atom stereocenters. The SMILES string of the molecule is Cc1ccc(N2C(=O)[C@H](/C=N\NC(=O)COc3cccc(Cl)c3)C(=O)NC2=S)cc1. The van der Waals surface area contributed by atoms with Crippen molar-refractivity contribution in [2.75, 3.05) is 11.5 Å². The predicted octanol–water partition coefficient (Wildman–Crippen LogP) is 2.19. The first kappa shape index (κ1) is 21.4. The van der Waals surface area contributed by atoms with Crippen LogP contribution in [0.3, 0.4) is 0 Å². The molecule has 0 unspecified atom stereocenters. The van der Waals surface area contributed by atoms with Gasteiger partial charge >= 0.3 is 0 Å². The number of thiocarbonyl (C=S) groups is 1. The average molecular weight is 445 g/mol. The molecule has 0 spiro atoms. The molecular formula is C20H17ClN4O4S. The average Bonchev–Trinajstić information content (AvgIpc) is 2.70. The number of nitrogens with zero attached hydrogens (tertiary/aromatic N) is 2. The monoisotopic (exact) mass is 444 g/mol. The van der Waals surface area contributed by atoms with E-state index < -0.39 is 23.6 Å². The van der Waals surface area contributed by atoms with Crippen LogP contribution >= 0.6 is 23.8 Å². The Morgan fingerprint density at radius 2 is 2.03 bits per heavy atom. The number of hydrogen-bond donors (Lipinski definition) is 2. The van der Waals surface area contributed by atoms with Crippen LogP contribution in [-0.2, 0) is 14.4 Å². The quantitative estimate of drug-likeness (QED) is 0.308. The Bertz CT molecular complexity index is 1030. The van der Waals surface area contributed by atoms with E-state index in [-0.39, 0.29) is 11.7 Å². The maximum Gasteiger partial charge on any atom is 0.277 e. The molecule has 1 fully saturated rings. The zero-order chi connectivity index (χ0) is 21.7. The van der Waals surface area contributed by atoms with Crippen LogP contribution in [-0.4, -0.2) is 35.7 Å². The maximum atomic E-state index is 12.8. The van der Waals surface area contributed by atoms with Crippen molar-refractivity contribution in [3.63, 3.8) is 0 Å². The molecule has 2 aromatic rings. The standard InChI is InChI=1S/C20H17ClN4O4S/c1-12-5-7-14(8-6-12)25-19(28)16(18(27)23-20(25)30)10-22-24-17(26)11-29-15-4-2-3-13(21)9-15/h2-10,16H,11H2,1H3,(H,24,26)(H,23,27,30)/b22-10-/t16-/m1/s1. The second-order valence-corrected chi connectivity index (χ2v) is 7.16. The van der Waals surface area contributed by atoms with Crippen LogP contribution in [0.4, 0.5) is 5.69 Å². The summed E-state index contributed by atoms with van der Waals surface area (Å²) in [4.78, 5) is 38.1. The Morgan fingerprint density at radius 1 is 1.30 bits per heavy atom. The lowest BCUT2D eigenvalue weighted by molar-refractivity contribution is -0.130. The summed E-state index contributed by atoms with van der Waals surface area (Å²) in [7, 11) is 0. The lowest BCUT2D eigenvalue weighted by Gasteiger charge is -2.30. The fraction of sp³-hybridized carbons (Fsp3) is 0.150. The normalized spacial score (nSPS) is 16.5. The van der Waals surface area contributed by atoms with Crippen molar-refractivity contribution in [3.8, 4) is 5.75 Å². The predicted molar refractivity (Wildman–Crippen MR) is 116 cm³/mol. The van der Waals surface area contributed by atoms with Crippen molar-refractivity contribution in [3.05, 3.63) is 59.1 Å². The topological polar surface area (TPSA) is 100 Å². The minimum Gasteiger partial charge on any atom is -0.484 e. The maximum absolute atomic E-state index is 12.8. The molecule has 3 amide bonds. The summed E-state index contributed by atoms with van der Waals surface area (Å²) in [5.41, 5.74) is 3.75. The summed E-state index contributed by atoms with van der Waals surface area (Å²) in [6, 6.07) is 13.7. The van der Waals surface area contributed by atoms with Crippen LogP contribution < -0.4 is 20.4 Å². The van der Waals surface area contributed by atoms with Gasteiger partial charge in [-0.1, -0.05) is 35.4 Å². The van der Waals surface area contributed by atoms with E-state index in [9.17, 15) is 14.4 Å². The molecule has 1 aliphatic heterocycles. The van der Waals surface area contributed by atoms with E-state index in [0.717, 1.165) is 11.8 Å². The number of carbonyl (C=O) groups is 3. The molecule has 0 radical (unpaired) electrons. The number of nitrogens with one attached hydrogen (secondary N) is 2. The lowest BCUT2D eigenvalue weighted by atomic mass is 10.1. The first-order chi connectivity index (χ1) is 14.3. The molecule has 0 saturated carbocycles. The second-order valence-electron chi connectivity index (χ2n) is 6.34. The van der Waals surface area contributed by atoms with Crippen molar-refractivity contribution in [2.24, 2.45) is 11.0 Å². The Morgan fingerprint density at radius 3 is 2.73 bits per heavy atom. The summed E-state index contributed by atoms with van der Waals surface area (Å²) in [5.74, 6) is -2.58. The van der Waals surface area contributed by atoms with Crippen molar-refractivity contribution >= 4 is 58.6 Å². The third-order valence-corrected chi connectivity index (χ3v) is 4.59.